The molecule has 0 fully saturated rings. The van der Waals surface area contributed by atoms with Crippen LogP contribution < -0.4 is 14.2 Å². The number of amidine groups is 2. The molecule has 41 heavy (non-hydrogen) atoms. The van der Waals surface area contributed by atoms with Crippen LogP contribution in [0.5, 0.6) is 17.2 Å². The van der Waals surface area contributed by atoms with Crippen molar-refractivity contribution >= 4 is 62.4 Å². The fourth-order valence-electron chi connectivity index (χ4n) is 4.35. The average Bonchev–Trinajstić information content (AvgIpc) is 3.38. The first kappa shape index (κ1) is 28.9. The number of nitrogens with zero attached hydrogens (tertiary/aromatic N) is 3. The van der Waals surface area contributed by atoms with Gasteiger partial charge in [-0.15, -0.1) is 0 Å². The van der Waals surface area contributed by atoms with E-state index in [1.165, 1.54) is 22.3 Å². The highest BCUT2D eigenvalue weighted by Crippen LogP contribution is 2.36. The van der Waals surface area contributed by atoms with Gasteiger partial charge in [-0.25, -0.2) is 0 Å². The maximum absolute atomic E-state index is 12.9. The number of amides is 1. The molecule has 10 heteroatoms. The molecular formula is C31H29IN4O4S. The molecule has 3 aromatic carbocycles. The molecule has 0 unspecified atom stereocenters. The lowest BCUT2D eigenvalue weighted by atomic mass is 10.1. The van der Waals surface area contributed by atoms with Crippen molar-refractivity contribution in [3.05, 3.63) is 91.6 Å². The molecule has 0 bridgehead atoms. The van der Waals surface area contributed by atoms with Crippen LogP contribution in [0.3, 0.4) is 0 Å². The normalized spacial score (nSPS) is 15.5. The lowest BCUT2D eigenvalue weighted by Crippen LogP contribution is -2.35. The Balaban J connectivity index is 1.30. The number of methoxy groups -OCH3 is 1. The van der Waals surface area contributed by atoms with Crippen LogP contribution in [0.4, 0.5) is 0 Å². The summed E-state index contributed by atoms with van der Waals surface area (Å²) >= 11 is 3.46. The maximum atomic E-state index is 12.9. The Morgan fingerprint density at radius 3 is 2.51 bits per heavy atom. The predicted molar refractivity (Wildman–Crippen MR) is 173 cm³/mol. The van der Waals surface area contributed by atoms with Crippen LogP contribution in [0.1, 0.15) is 34.7 Å². The molecule has 1 N–H and O–H groups in total. The molecule has 3 aromatic rings. The first-order valence-corrected chi connectivity index (χ1v) is 15.0. The molecule has 0 aromatic heterocycles. The third-order valence-corrected chi connectivity index (χ3v) is 8.19. The predicted octanol–water partition coefficient (Wildman–Crippen LogP) is 6.60. The minimum Gasteiger partial charge on any atom is -0.493 e. The summed E-state index contributed by atoms with van der Waals surface area (Å²) in [6.45, 7) is 6.90. The van der Waals surface area contributed by atoms with E-state index in [2.05, 4.69) is 52.6 Å². The van der Waals surface area contributed by atoms with Gasteiger partial charge >= 0.3 is 0 Å². The Hall–Kier alpha value is -3.64. The smallest absolute Gasteiger partial charge is 0.283 e. The molecule has 0 radical (unpaired) electrons. The summed E-state index contributed by atoms with van der Waals surface area (Å²) in [4.78, 5) is 17.1. The zero-order valence-corrected chi connectivity index (χ0v) is 26.1. The van der Waals surface area contributed by atoms with Crippen LogP contribution in [0.15, 0.2) is 70.3 Å². The van der Waals surface area contributed by atoms with Crippen molar-refractivity contribution in [3.8, 4) is 17.2 Å². The molecular weight excluding hydrogens is 651 g/mol. The fourth-order valence-corrected chi connectivity index (χ4v) is 6.03. The SMILES string of the molecule is CCc1cc(C)cc(OCCOc2c(I)cc(/C=C3/C(=N)N4N=C(c5ccc(C)cc5)SC4=NC3=O)cc2OC)c1. The largest absolute Gasteiger partial charge is 0.493 e. The first-order valence-electron chi connectivity index (χ1n) is 13.1. The minimum atomic E-state index is -0.483. The fraction of sp³-hybridized carbons (Fsp3) is 0.226. The molecule has 0 spiro atoms. The Labute approximate surface area is 257 Å². The topological polar surface area (TPSA) is 96.6 Å². The number of fused-ring (bicyclic) bond motifs is 1. The number of benzene rings is 3. The number of halogens is 1. The van der Waals surface area contributed by atoms with Gasteiger partial charge in [0.1, 0.15) is 24.0 Å². The maximum Gasteiger partial charge on any atom is 0.283 e. The summed E-state index contributed by atoms with van der Waals surface area (Å²) in [6, 6.07) is 17.8. The van der Waals surface area contributed by atoms with Gasteiger partial charge in [-0.3, -0.25) is 10.2 Å². The van der Waals surface area contributed by atoms with Crippen LogP contribution >= 0.6 is 34.4 Å². The van der Waals surface area contributed by atoms with Gasteiger partial charge in [0.2, 0.25) is 5.17 Å². The Morgan fingerprint density at radius 1 is 1.02 bits per heavy atom. The number of rotatable bonds is 9. The van der Waals surface area contributed by atoms with Gasteiger partial charge in [-0.05, 0) is 102 Å². The number of ether oxygens (including phenoxy) is 3. The van der Waals surface area contributed by atoms with Crippen molar-refractivity contribution in [2.45, 2.75) is 27.2 Å². The van der Waals surface area contributed by atoms with Gasteiger partial charge in [0.05, 0.1) is 16.3 Å². The standard InChI is InChI=1S/C31H29IN4O4S/c1-5-20-12-19(3)13-23(14-20)39-10-11-40-27-25(32)16-21(17-26(27)38-4)15-24-28(33)36-31(34-29(24)37)41-30(35-36)22-8-6-18(2)7-9-22/h6-9,12-17,33H,5,10-11H2,1-4H3/b24-15-,33-28?. The molecule has 2 aliphatic rings. The van der Waals surface area contributed by atoms with E-state index < -0.39 is 5.91 Å². The van der Waals surface area contributed by atoms with E-state index in [-0.39, 0.29) is 11.4 Å². The lowest BCUT2D eigenvalue weighted by molar-refractivity contribution is -0.114. The van der Waals surface area contributed by atoms with E-state index in [0.29, 0.717) is 40.5 Å². The Bertz CT molecular complexity index is 1620. The Morgan fingerprint density at radius 2 is 1.78 bits per heavy atom. The molecule has 2 heterocycles. The van der Waals surface area contributed by atoms with Crippen molar-refractivity contribution in [2.24, 2.45) is 10.1 Å². The average molecular weight is 681 g/mol. The molecule has 2 aliphatic heterocycles. The summed E-state index contributed by atoms with van der Waals surface area (Å²) in [5.41, 5.74) is 5.28. The van der Waals surface area contributed by atoms with Crippen LogP contribution in [0, 0.1) is 22.8 Å². The summed E-state index contributed by atoms with van der Waals surface area (Å²) in [5.74, 6) is 1.42. The summed E-state index contributed by atoms with van der Waals surface area (Å²) < 4.78 is 18.4. The molecule has 1 amide bonds. The van der Waals surface area contributed by atoms with Gasteiger partial charge in [0.25, 0.3) is 5.91 Å². The number of hydrogen-bond donors (Lipinski definition) is 1. The number of hydrazone groups is 1. The molecule has 0 saturated carbocycles. The summed E-state index contributed by atoms with van der Waals surface area (Å²) in [6.07, 6.45) is 2.58. The van der Waals surface area contributed by atoms with E-state index in [9.17, 15) is 4.79 Å². The molecule has 0 atom stereocenters. The van der Waals surface area contributed by atoms with Crippen molar-refractivity contribution in [3.63, 3.8) is 0 Å². The first-order chi connectivity index (χ1) is 19.7. The molecule has 5 rings (SSSR count). The van der Waals surface area contributed by atoms with Gasteiger partial charge in [-0.1, -0.05) is 42.8 Å². The van der Waals surface area contributed by atoms with Crippen molar-refractivity contribution < 1.29 is 19.0 Å². The quantitative estimate of drug-likeness (QED) is 0.155. The number of hydrogen-bond acceptors (Lipinski definition) is 7. The van der Waals surface area contributed by atoms with Crippen LogP contribution in [0.25, 0.3) is 6.08 Å². The van der Waals surface area contributed by atoms with E-state index >= 15 is 0 Å². The number of thioether (sulfide) groups is 1. The van der Waals surface area contributed by atoms with E-state index in [4.69, 9.17) is 19.6 Å². The monoisotopic (exact) mass is 680 g/mol. The van der Waals surface area contributed by atoms with Gasteiger partial charge in [0, 0.05) is 5.56 Å². The Kier molecular flexibility index (Phi) is 8.79. The zero-order valence-electron chi connectivity index (χ0n) is 23.2. The van der Waals surface area contributed by atoms with Crippen molar-refractivity contribution in [1.82, 2.24) is 5.01 Å². The third kappa shape index (κ3) is 6.48. The summed E-state index contributed by atoms with van der Waals surface area (Å²) in [5, 5.41) is 15.8. The van der Waals surface area contributed by atoms with Gasteiger partial charge < -0.3 is 14.2 Å². The second kappa shape index (κ2) is 12.5. The van der Waals surface area contributed by atoms with Crippen LogP contribution in [-0.2, 0) is 11.2 Å². The zero-order chi connectivity index (χ0) is 29.1. The number of carbonyl (C=O) groups is 1. The summed E-state index contributed by atoms with van der Waals surface area (Å²) in [7, 11) is 1.57. The number of carbonyl (C=O) groups excluding carboxylic acids is 1. The molecule has 0 saturated heterocycles. The second-order valence-electron chi connectivity index (χ2n) is 9.53. The highest BCUT2D eigenvalue weighted by molar-refractivity contribution is 14.1. The third-order valence-electron chi connectivity index (χ3n) is 6.43. The van der Waals surface area contributed by atoms with E-state index in [1.54, 1.807) is 19.3 Å². The molecule has 0 aliphatic carbocycles. The van der Waals surface area contributed by atoms with E-state index in [1.807, 2.05) is 49.4 Å². The number of aliphatic imine (C=N–C) groups is 1. The minimum absolute atomic E-state index is 0.0246. The number of nitrogens with one attached hydrogen (secondary N) is 1. The van der Waals surface area contributed by atoms with Gasteiger partial charge in [-0.2, -0.15) is 15.1 Å². The second-order valence-corrected chi connectivity index (χ2v) is 11.6. The van der Waals surface area contributed by atoms with E-state index in [0.717, 1.165) is 32.4 Å². The van der Waals surface area contributed by atoms with Crippen LogP contribution in [-0.4, -0.2) is 47.3 Å². The molecule has 210 valence electrons. The highest BCUT2D eigenvalue weighted by Gasteiger charge is 2.36. The lowest BCUT2D eigenvalue weighted by Gasteiger charge is -2.20. The van der Waals surface area contributed by atoms with Crippen LogP contribution in [0.2, 0.25) is 0 Å². The van der Waals surface area contributed by atoms with Crippen molar-refractivity contribution in [2.75, 3.05) is 20.3 Å². The highest BCUT2D eigenvalue weighted by atomic mass is 127. The van der Waals surface area contributed by atoms with Crippen molar-refractivity contribution in [1.29, 1.82) is 5.41 Å². The van der Waals surface area contributed by atoms with Gasteiger partial charge in [0.15, 0.2) is 17.3 Å². The molecule has 8 nitrogen and oxygen atoms in total. The number of aryl methyl sites for hydroxylation is 3.